The van der Waals surface area contributed by atoms with Crippen molar-refractivity contribution in [1.82, 2.24) is 4.90 Å². The van der Waals surface area contributed by atoms with Crippen molar-refractivity contribution in [3.05, 3.63) is 0 Å². The third-order valence-electron chi connectivity index (χ3n) is 5.05. The van der Waals surface area contributed by atoms with Gasteiger partial charge in [-0.25, -0.2) is 0 Å². The van der Waals surface area contributed by atoms with Crippen LogP contribution in [0.3, 0.4) is 0 Å². The molecule has 118 valence electrons. The third kappa shape index (κ3) is 4.85. The Hall–Kier alpha value is -0.410. The Kier molecular flexibility index (Phi) is 7.75. The van der Waals surface area contributed by atoms with Gasteiger partial charge >= 0.3 is 0 Å². The van der Waals surface area contributed by atoms with Crippen molar-refractivity contribution in [3.8, 4) is 0 Å². The second-order valence-corrected chi connectivity index (χ2v) is 6.63. The number of carbonyl (C=O) groups is 1. The highest BCUT2D eigenvalue weighted by Crippen LogP contribution is 2.32. The molecule has 0 heterocycles. The van der Waals surface area contributed by atoms with Crippen LogP contribution in [0, 0.1) is 17.8 Å². The molecule has 2 unspecified atom stereocenters. The van der Waals surface area contributed by atoms with Crippen molar-refractivity contribution in [2.24, 2.45) is 17.8 Å². The van der Waals surface area contributed by atoms with Crippen molar-refractivity contribution in [1.29, 1.82) is 0 Å². The molecule has 2 atom stereocenters. The predicted octanol–water partition coefficient (Wildman–Crippen LogP) is 3.11. The van der Waals surface area contributed by atoms with Gasteiger partial charge in [0.05, 0.1) is 6.61 Å². The summed E-state index contributed by atoms with van der Waals surface area (Å²) in [6.45, 7) is 10.6. The first-order chi connectivity index (χ1) is 9.53. The van der Waals surface area contributed by atoms with Gasteiger partial charge in [-0.1, -0.05) is 27.7 Å². The van der Waals surface area contributed by atoms with Crippen LogP contribution in [0.1, 0.15) is 59.8 Å². The van der Waals surface area contributed by atoms with Crippen LogP contribution in [0.15, 0.2) is 0 Å². The maximum Gasteiger partial charge on any atom is 0.137 e. The van der Waals surface area contributed by atoms with Crippen molar-refractivity contribution >= 4 is 5.78 Å². The van der Waals surface area contributed by atoms with Crippen molar-refractivity contribution < 1.29 is 9.90 Å². The number of hydrogen-bond acceptors (Lipinski definition) is 3. The van der Waals surface area contributed by atoms with E-state index in [1.54, 1.807) is 0 Å². The summed E-state index contributed by atoms with van der Waals surface area (Å²) in [5, 5.41) is 9.29. The van der Waals surface area contributed by atoms with Gasteiger partial charge in [-0.15, -0.1) is 0 Å². The van der Waals surface area contributed by atoms with E-state index in [1.807, 2.05) is 0 Å². The molecule has 0 aromatic rings. The largest absolute Gasteiger partial charge is 0.395 e. The van der Waals surface area contributed by atoms with E-state index in [-0.39, 0.29) is 12.5 Å². The molecule has 1 N–H and O–H groups in total. The highest BCUT2D eigenvalue weighted by molar-refractivity contribution is 5.82. The molecule has 0 amide bonds. The summed E-state index contributed by atoms with van der Waals surface area (Å²) in [4.78, 5) is 14.6. The van der Waals surface area contributed by atoms with E-state index in [2.05, 4.69) is 32.6 Å². The minimum Gasteiger partial charge on any atom is -0.395 e. The molecular formula is C17H33NO2. The average molecular weight is 283 g/mol. The zero-order valence-corrected chi connectivity index (χ0v) is 13.8. The predicted molar refractivity (Wildman–Crippen MR) is 83.7 cm³/mol. The molecule has 0 spiro atoms. The number of rotatable bonds is 8. The number of hydrogen-bond donors (Lipinski definition) is 1. The van der Waals surface area contributed by atoms with Crippen LogP contribution in [0.2, 0.25) is 0 Å². The fourth-order valence-corrected chi connectivity index (χ4v) is 3.57. The summed E-state index contributed by atoms with van der Waals surface area (Å²) in [7, 11) is 0. The van der Waals surface area contributed by atoms with E-state index in [0.717, 1.165) is 38.6 Å². The van der Waals surface area contributed by atoms with Gasteiger partial charge in [0.15, 0.2) is 0 Å². The Morgan fingerprint density at radius 1 is 1.30 bits per heavy atom. The molecule has 1 saturated carbocycles. The Morgan fingerprint density at radius 3 is 2.45 bits per heavy atom. The van der Waals surface area contributed by atoms with Crippen LogP contribution in [-0.4, -0.2) is 41.5 Å². The van der Waals surface area contributed by atoms with Gasteiger partial charge in [0, 0.05) is 31.5 Å². The normalized spacial score (nSPS) is 24.1. The van der Waals surface area contributed by atoms with Crippen LogP contribution in [-0.2, 0) is 4.79 Å². The highest BCUT2D eigenvalue weighted by Gasteiger charge is 2.32. The molecule has 0 radical (unpaired) electrons. The maximum atomic E-state index is 12.2. The van der Waals surface area contributed by atoms with Gasteiger partial charge in [0.2, 0.25) is 0 Å². The van der Waals surface area contributed by atoms with Crippen LogP contribution in [0.5, 0.6) is 0 Å². The highest BCUT2D eigenvalue weighted by atomic mass is 16.3. The standard InChI is InChI=1S/C17H33NO2/c1-5-16(6-2)18(9-10-19)12-15-11-14(13(3)4)7-8-17(15)20/h13-16,19H,5-12H2,1-4H3. The van der Waals surface area contributed by atoms with Gasteiger partial charge in [0.1, 0.15) is 5.78 Å². The van der Waals surface area contributed by atoms with E-state index in [0.29, 0.717) is 30.2 Å². The van der Waals surface area contributed by atoms with E-state index in [4.69, 9.17) is 0 Å². The zero-order chi connectivity index (χ0) is 15.1. The number of carbonyl (C=O) groups excluding carboxylic acids is 1. The van der Waals surface area contributed by atoms with E-state index in [1.165, 1.54) is 0 Å². The number of Topliss-reactive ketones (excluding diaryl/α,β-unsaturated/α-hetero) is 1. The first-order valence-corrected chi connectivity index (χ1v) is 8.40. The van der Waals surface area contributed by atoms with Gasteiger partial charge in [-0.05, 0) is 37.5 Å². The summed E-state index contributed by atoms with van der Waals surface area (Å²) in [5.74, 6) is 1.99. The van der Waals surface area contributed by atoms with Crippen molar-refractivity contribution in [2.45, 2.75) is 65.8 Å². The lowest BCUT2D eigenvalue weighted by molar-refractivity contribution is -0.127. The zero-order valence-electron chi connectivity index (χ0n) is 13.8. The molecule has 0 bridgehead atoms. The van der Waals surface area contributed by atoms with Crippen LogP contribution in [0.4, 0.5) is 0 Å². The molecule has 0 saturated heterocycles. The summed E-state index contributed by atoms with van der Waals surface area (Å²) in [6, 6.07) is 0.495. The van der Waals surface area contributed by atoms with Crippen molar-refractivity contribution in [3.63, 3.8) is 0 Å². The first kappa shape index (κ1) is 17.6. The minimum absolute atomic E-state index is 0.184. The summed E-state index contributed by atoms with van der Waals surface area (Å²) in [6.07, 6.45) is 5.04. The first-order valence-electron chi connectivity index (χ1n) is 8.40. The number of ketones is 1. The van der Waals surface area contributed by atoms with Crippen molar-refractivity contribution in [2.75, 3.05) is 19.7 Å². The molecule has 0 aromatic carbocycles. The molecule has 1 fully saturated rings. The van der Waals surface area contributed by atoms with Crippen LogP contribution >= 0.6 is 0 Å². The molecular weight excluding hydrogens is 250 g/mol. The number of nitrogens with zero attached hydrogens (tertiary/aromatic N) is 1. The lowest BCUT2D eigenvalue weighted by atomic mass is 9.75. The van der Waals surface area contributed by atoms with Crippen LogP contribution in [0.25, 0.3) is 0 Å². The molecule has 1 rings (SSSR count). The molecule has 1 aliphatic rings. The van der Waals surface area contributed by atoms with E-state index in [9.17, 15) is 9.90 Å². The topological polar surface area (TPSA) is 40.5 Å². The third-order valence-corrected chi connectivity index (χ3v) is 5.05. The monoisotopic (exact) mass is 283 g/mol. The SMILES string of the molecule is CCC(CC)N(CCO)CC1CC(C(C)C)CCC1=O. The van der Waals surface area contributed by atoms with Crippen LogP contribution < -0.4 is 0 Å². The molecule has 3 nitrogen and oxygen atoms in total. The maximum absolute atomic E-state index is 12.2. The van der Waals surface area contributed by atoms with Gasteiger partial charge in [-0.3, -0.25) is 9.69 Å². The van der Waals surface area contributed by atoms with Gasteiger partial charge in [-0.2, -0.15) is 0 Å². The molecule has 0 aliphatic heterocycles. The second kappa shape index (κ2) is 8.78. The Labute approximate surface area is 124 Å². The number of aliphatic hydroxyl groups excluding tert-OH is 1. The average Bonchev–Trinajstić information content (AvgIpc) is 2.42. The van der Waals surface area contributed by atoms with Gasteiger partial charge in [0.25, 0.3) is 0 Å². The quantitative estimate of drug-likeness (QED) is 0.744. The molecule has 3 heteroatoms. The number of aliphatic hydroxyl groups is 1. The molecule has 0 aromatic heterocycles. The Balaban J connectivity index is 2.67. The minimum atomic E-state index is 0.184. The summed E-state index contributed by atoms with van der Waals surface area (Å²) in [5.41, 5.74) is 0. The second-order valence-electron chi connectivity index (χ2n) is 6.63. The molecule has 20 heavy (non-hydrogen) atoms. The summed E-state index contributed by atoms with van der Waals surface area (Å²) >= 11 is 0. The van der Waals surface area contributed by atoms with Gasteiger partial charge < -0.3 is 5.11 Å². The fourth-order valence-electron chi connectivity index (χ4n) is 3.57. The lowest BCUT2D eigenvalue weighted by Gasteiger charge is -2.37. The Bertz CT molecular complexity index is 287. The summed E-state index contributed by atoms with van der Waals surface area (Å²) < 4.78 is 0. The molecule has 1 aliphatic carbocycles. The van der Waals surface area contributed by atoms with E-state index >= 15 is 0 Å². The Morgan fingerprint density at radius 2 is 1.95 bits per heavy atom. The lowest BCUT2D eigenvalue weighted by Crippen LogP contribution is -2.43. The smallest absolute Gasteiger partial charge is 0.137 e. The van der Waals surface area contributed by atoms with E-state index < -0.39 is 0 Å². The fraction of sp³-hybridized carbons (Fsp3) is 0.941.